The number of ether oxygens (including phenoxy) is 1. The highest BCUT2D eigenvalue weighted by Crippen LogP contribution is 2.50. The molecule has 0 aliphatic carbocycles. The average molecular weight is 551 g/mol. The van der Waals surface area contributed by atoms with Crippen LogP contribution in [0.5, 0.6) is 0 Å². The van der Waals surface area contributed by atoms with Crippen LogP contribution in [0.25, 0.3) is 0 Å². The molecule has 1 rings (SSSR count). The molecular weight excluding hydrogens is 502 g/mol. The van der Waals surface area contributed by atoms with Crippen molar-refractivity contribution >= 4 is 33.8 Å². The van der Waals surface area contributed by atoms with E-state index in [1.807, 2.05) is 34.6 Å². The van der Waals surface area contributed by atoms with Crippen molar-refractivity contribution in [3.05, 3.63) is 0 Å². The van der Waals surface area contributed by atoms with Crippen molar-refractivity contribution in [3.8, 4) is 0 Å². The number of halogens is 1. The van der Waals surface area contributed by atoms with Crippen LogP contribution in [0.4, 0.5) is 0 Å². The van der Waals surface area contributed by atoms with Crippen LogP contribution in [0.3, 0.4) is 0 Å². The Labute approximate surface area is 215 Å². The molecule has 0 bridgehead atoms. The molecule has 1 amide bonds. The van der Waals surface area contributed by atoms with Crippen LogP contribution in [0, 0.1) is 22.7 Å². The molecule has 1 N–H and O–H groups in total. The highest BCUT2D eigenvalue weighted by atomic mass is 79.9. The van der Waals surface area contributed by atoms with Gasteiger partial charge in [-0.15, -0.1) is 0 Å². The molecule has 200 valence electrons. The fourth-order valence-electron chi connectivity index (χ4n) is 3.50. The van der Waals surface area contributed by atoms with E-state index in [4.69, 9.17) is 9.57 Å². The summed E-state index contributed by atoms with van der Waals surface area (Å²) < 4.78 is 5.15. The first kappa shape index (κ1) is 32.8. The number of rotatable bonds is 10. The molecule has 0 saturated carbocycles. The SMILES string of the molecule is CC(C(=O)ON1CCCC1=O)C(C)(C)CC(C)(C(=O)OC(C)(C)CCO)C(C)(C)Br.CC(C)C. The number of hydrogen-bond donors (Lipinski definition) is 1. The van der Waals surface area contributed by atoms with Crippen molar-refractivity contribution in [2.45, 2.75) is 112 Å². The predicted molar refractivity (Wildman–Crippen MR) is 138 cm³/mol. The minimum Gasteiger partial charge on any atom is -0.459 e. The lowest BCUT2D eigenvalue weighted by atomic mass is 9.64. The summed E-state index contributed by atoms with van der Waals surface area (Å²) >= 11 is 3.65. The zero-order chi connectivity index (χ0) is 27.1. The molecule has 1 saturated heterocycles. The van der Waals surface area contributed by atoms with Crippen LogP contribution < -0.4 is 0 Å². The molecule has 0 spiro atoms. The molecule has 2 unspecified atom stereocenters. The van der Waals surface area contributed by atoms with E-state index in [2.05, 4.69) is 36.7 Å². The van der Waals surface area contributed by atoms with Crippen molar-refractivity contribution in [1.29, 1.82) is 0 Å². The van der Waals surface area contributed by atoms with Gasteiger partial charge in [0, 0.05) is 23.8 Å². The average Bonchev–Trinajstić information content (AvgIpc) is 3.03. The molecule has 1 fully saturated rings. The van der Waals surface area contributed by atoms with Gasteiger partial charge in [0.15, 0.2) is 0 Å². The Balaban J connectivity index is 0.00000251. The highest BCUT2D eigenvalue weighted by molar-refractivity contribution is 9.10. The number of nitrogens with zero attached hydrogens (tertiary/aromatic N) is 1. The van der Waals surface area contributed by atoms with Crippen molar-refractivity contribution in [3.63, 3.8) is 0 Å². The molecule has 0 aromatic carbocycles. The molecule has 1 heterocycles. The lowest BCUT2D eigenvalue weighted by Gasteiger charge is -2.45. The lowest BCUT2D eigenvalue weighted by molar-refractivity contribution is -0.200. The summed E-state index contributed by atoms with van der Waals surface area (Å²) in [5.74, 6) is -0.794. The molecule has 7 nitrogen and oxygen atoms in total. The van der Waals surface area contributed by atoms with Gasteiger partial charge >= 0.3 is 11.9 Å². The van der Waals surface area contributed by atoms with E-state index in [9.17, 15) is 19.5 Å². The first-order chi connectivity index (χ1) is 15.2. The van der Waals surface area contributed by atoms with E-state index in [1.54, 1.807) is 20.8 Å². The molecule has 34 heavy (non-hydrogen) atoms. The molecule has 0 aromatic rings. The Morgan fingerprint density at radius 1 is 1.06 bits per heavy atom. The zero-order valence-electron chi connectivity index (χ0n) is 23.2. The van der Waals surface area contributed by atoms with Gasteiger partial charge in [-0.1, -0.05) is 57.5 Å². The topological polar surface area (TPSA) is 93.1 Å². The Morgan fingerprint density at radius 2 is 1.56 bits per heavy atom. The summed E-state index contributed by atoms with van der Waals surface area (Å²) in [4.78, 5) is 43.1. The molecule has 0 radical (unpaired) electrons. The third-order valence-electron chi connectivity index (χ3n) is 6.41. The number of hydrogen-bond acceptors (Lipinski definition) is 6. The van der Waals surface area contributed by atoms with Gasteiger partial charge in [0.05, 0.1) is 17.9 Å². The first-order valence-electron chi connectivity index (χ1n) is 12.3. The predicted octanol–water partition coefficient (Wildman–Crippen LogP) is 5.67. The van der Waals surface area contributed by atoms with Crippen LogP contribution in [-0.2, 0) is 24.0 Å². The number of aliphatic hydroxyl groups excluding tert-OH is 1. The molecule has 0 aromatic heterocycles. The van der Waals surface area contributed by atoms with Crippen molar-refractivity contribution < 1.29 is 29.1 Å². The maximum atomic E-state index is 13.3. The number of carbonyl (C=O) groups excluding carboxylic acids is 3. The second-order valence-electron chi connectivity index (χ2n) is 12.1. The third-order valence-corrected chi connectivity index (χ3v) is 7.29. The van der Waals surface area contributed by atoms with Gasteiger partial charge in [-0.2, -0.15) is 5.06 Å². The van der Waals surface area contributed by atoms with E-state index in [-0.39, 0.29) is 12.5 Å². The summed E-state index contributed by atoms with van der Waals surface area (Å²) in [6, 6.07) is 0. The van der Waals surface area contributed by atoms with Crippen molar-refractivity contribution in [2.24, 2.45) is 22.7 Å². The second kappa shape index (κ2) is 12.7. The highest BCUT2D eigenvalue weighted by Gasteiger charge is 2.53. The summed E-state index contributed by atoms with van der Waals surface area (Å²) in [6.07, 6.45) is 1.73. The first-order valence-corrected chi connectivity index (χ1v) is 13.0. The van der Waals surface area contributed by atoms with E-state index >= 15 is 0 Å². The Morgan fingerprint density at radius 3 is 1.94 bits per heavy atom. The molecule has 1 aliphatic rings. The number of hydroxylamine groups is 2. The van der Waals surface area contributed by atoms with E-state index < -0.39 is 38.6 Å². The second-order valence-corrected chi connectivity index (χ2v) is 14.0. The van der Waals surface area contributed by atoms with Gasteiger partial charge < -0.3 is 14.7 Å². The number of carbonyl (C=O) groups is 3. The molecule has 2 atom stereocenters. The fourth-order valence-corrected chi connectivity index (χ4v) is 3.80. The standard InChI is InChI=1S/C22H38BrNO6.C4H10/c1-15(17(27)30-24-12-9-10-16(24)26)19(2,3)14-22(8,21(6,7)23)18(28)29-20(4,5)11-13-25;1-4(2)3/h15,25H,9-14H2,1-8H3;4H,1-3H3. The summed E-state index contributed by atoms with van der Waals surface area (Å²) in [6.45, 7) is 21.6. The maximum absolute atomic E-state index is 13.3. The zero-order valence-corrected chi connectivity index (χ0v) is 24.8. The Bertz CT molecular complexity index is 695. The summed E-state index contributed by atoms with van der Waals surface area (Å²) in [7, 11) is 0. The quantitative estimate of drug-likeness (QED) is 0.279. The summed E-state index contributed by atoms with van der Waals surface area (Å²) in [5.41, 5.74) is -2.41. The largest absolute Gasteiger partial charge is 0.459 e. The smallest absolute Gasteiger partial charge is 0.335 e. The van der Waals surface area contributed by atoms with Crippen molar-refractivity contribution in [1.82, 2.24) is 5.06 Å². The Kier molecular flexibility index (Phi) is 12.3. The number of alkyl halides is 1. The van der Waals surface area contributed by atoms with Gasteiger partial charge in [0.2, 0.25) is 0 Å². The number of amides is 1. The van der Waals surface area contributed by atoms with Gasteiger partial charge in [-0.3, -0.25) is 9.59 Å². The maximum Gasteiger partial charge on any atom is 0.335 e. The van der Waals surface area contributed by atoms with E-state index in [0.29, 0.717) is 32.2 Å². The van der Waals surface area contributed by atoms with Crippen LogP contribution in [0.15, 0.2) is 0 Å². The van der Waals surface area contributed by atoms with E-state index in [1.165, 1.54) is 0 Å². The van der Waals surface area contributed by atoms with Gasteiger partial charge in [-0.05, 0) is 58.8 Å². The molecule has 1 aliphatic heterocycles. The monoisotopic (exact) mass is 549 g/mol. The van der Waals surface area contributed by atoms with Gasteiger partial charge in [-0.25, -0.2) is 4.79 Å². The van der Waals surface area contributed by atoms with Crippen LogP contribution in [0.1, 0.15) is 102 Å². The Hall–Kier alpha value is -1.15. The summed E-state index contributed by atoms with van der Waals surface area (Å²) in [5, 5.41) is 10.4. The third kappa shape index (κ3) is 9.84. The number of esters is 1. The van der Waals surface area contributed by atoms with Crippen LogP contribution in [-0.4, -0.2) is 51.1 Å². The normalized spacial score (nSPS) is 17.6. The number of aliphatic hydroxyl groups is 1. The molecular formula is C26H48BrNO6. The minimum absolute atomic E-state index is 0.0850. The van der Waals surface area contributed by atoms with Crippen LogP contribution in [0.2, 0.25) is 0 Å². The fraction of sp³-hybridized carbons (Fsp3) is 0.885. The minimum atomic E-state index is -0.971. The molecule has 8 heteroatoms. The van der Waals surface area contributed by atoms with Gasteiger partial charge in [0.1, 0.15) is 5.60 Å². The van der Waals surface area contributed by atoms with Gasteiger partial charge in [0.25, 0.3) is 5.91 Å². The van der Waals surface area contributed by atoms with E-state index in [0.717, 1.165) is 11.0 Å². The van der Waals surface area contributed by atoms with Crippen molar-refractivity contribution in [2.75, 3.05) is 13.2 Å². The van der Waals surface area contributed by atoms with Crippen LogP contribution >= 0.6 is 15.9 Å². The lowest BCUT2D eigenvalue weighted by Crippen LogP contribution is -2.51.